The molecule has 0 saturated carbocycles. The van der Waals surface area contributed by atoms with Gasteiger partial charge in [-0.3, -0.25) is 14.9 Å². The van der Waals surface area contributed by atoms with Gasteiger partial charge in [-0.05, 0) is 0 Å². The lowest BCUT2D eigenvalue weighted by Gasteiger charge is -2.03. The van der Waals surface area contributed by atoms with E-state index in [1.165, 1.54) is 12.3 Å². The van der Waals surface area contributed by atoms with Gasteiger partial charge in [0.1, 0.15) is 16.5 Å². The number of sulfonamides is 1. The van der Waals surface area contributed by atoms with E-state index < -0.39 is 10.0 Å². The first-order chi connectivity index (χ1) is 7.09. The Kier molecular flexibility index (Phi) is 2.08. The van der Waals surface area contributed by atoms with E-state index in [4.69, 9.17) is 5.73 Å². The van der Waals surface area contributed by atoms with Gasteiger partial charge in [-0.2, -0.15) is 10.2 Å². The molecule has 0 radical (unpaired) electrons. The van der Waals surface area contributed by atoms with Crippen molar-refractivity contribution in [1.29, 1.82) is 0 Å². The van der Waals surface area contributed by atoms with E-state index in [1.54, 1.807) is 0 Å². The Hall–Kier alpha value is -2.03. The van der Waals surface area contributed by atoms with Gasteiger partial charge in [0.25, 0.3) is 10.0 Å². The van der Waals surface area contributed by atoms with Gasteiger partial charge in [0.05, 0.1) is 12.4 Å². The third kappa shape index (κ3) is 1.76. The molecule has 0 aromatic carbocycles. The number of hydrogen-bond donors (Lipinski definition) is 4. The molecule has 0 unspecified atom stereocenters. The van der Waals surface area contributed by atoms with Crippen LogP contribution in [0, 0.1) is 0 Å². The average molecular weight is 228 g/mol. The second kappa shape index (κ2) is 3.28. The lowest BCUT2D eigenvalue weighted by atomic mass is 10.7. The first-order valence-electron chi connectivity index (χ1n) is 3.90. The van der Waals surface area contributed by atoms with E-state index >= 15 is 0 Å². The number of H-pyrrole nitrogens is 2. The van der Waals surface area contributed by atoms with Gasteiger partial charge in [-0.25, -0.2) is 8.42 Å². The molecule has 15 heavy (non-hydrogen) atoms. The van der Waals surface area contributed by atoms with Crippen molar-refractivity contribution < 1.29 is 8.42 Å². The van der Waals surface area contributed by atoms with Crippen LogP contribution in [0.4, 0.5) is 11.6 Å². The molecule has 0 aliphatic carbocycles. The molecule has 0 amide bonds. The second-order valence-corrected chi connectivity index (χ2v) is 4.37. The minimum absolute atomic E-state index is 0.0120. The van der Waals surface area contributed by atoms with Crippen molar-refractivity contribution in [1.82, 2.24) is 20.4 Å². The van der Waals surface area contributed by atoms with Gasteiger partial charge in [0.2, 0.25) is 0 Å². The summed E-state index contributed by atoms with van der Waals surface area (Å²) in [5, 5.41) is 11.9. The van der Waals surface area contributed by atoms with Gasteiger partial charge in [0.15, 0.2) is 0 Å². The van der Waals surface area contributed by atoms with Crippen molar-refractivity contribution in [2.24, 2.45) is 0 Å². The van der Waals surface area contributed by atoms with Gasteiger partial charge < -0.3 is 5.73 Å². The largest absolute Gasteiger partial charge is 0.383 e. The van der Waals surface area contributed by atoms with Crippen LogP contribution in [0.15, 0.2) is 23.4 Å². The standard InChI is InChI=1S/C6H8N6O2S/c7-6-4(3-9-11-6)15(13,14)12-5-1-2-8-10-5/h1-3H,(H3,7,9,11)(H2,8,10,12). The molecule has 9 heteroatoms. The third-order valence-corrected chi connectivity index (χ3v) is 3.06. The normalized spacial score (nSPS) is 11.5. The lowest BCUT2D eigenvalue weighted by Crippen LogP contribution is -2.14. The lowest BCUT2D eigenvalue weighted by molar-refractivity contribution is 0.601. The zero-order valence-corrected chi connectivity index (χ0v) is 8.25. The molecule has 0 aliphatic rings. The van der Waals surface area contributed by atoms with Crippen LogP contribution in [0.3, 0.4) is 0 Å². The molecule has 0 fully saturated rings. The minimum Gasteiger partial charge on any atom is -0.383 e. The van der Waals surface area contributed by atoms with Crippen LogP contribution in [0.1, 0.15) is 0 Å². The summed E-state index contributed by atoms with van der Waals surface area (Å²) in [5.74, 6) is 0.248. The Labute approximate surface area is 84.9 Å². The number of nitrogens with two attached hydrogens (primary N) is 1. The number of nitrogen functional groups attached to an aromatic ring is 1. The van der Waals surface area contributed by atoms with Crippen LogP contribution in [0.5, 0.6) is 0 Å². The molecule has 2 aromatic rings. The molecular formula is C6H8N6O2S. The zero-order valence-electron chi connectivity index (χ0n) is 7.43. The van der Waals surface area contributed by atoms with E-state index in [2.05, 4.69) is 25.1 Å². The third-order valence-electron chi connectivity index (χ3n) is 1.67. The molecule has 0 atom stereocenters. The van der Waals surface area contributed by atoms with Crippen molar-refractivity contribution in [3.63, 3.8) is 0 Å². The number of aromatic nitrogens is 4. The van der Waals surface area contributed by atoms with Crippen molar-refractivity contribution >= 4 is 21.7 Å². The fourth-order valence-electron chi connectivity index (χ4n) is 1.01. The molecule has 2 rings (SSSR count). The van der Waals surface area contributed by atoms with Gasteiger partial charge in [-0.15, -0.1) is 0 Å². The monoisotopic (exact) mass is 228 g/mol. The highest BCUT2D eigenvalue weighted by Crippen LogP contribution is 2.17. The Morgan fingerprint density at radius 3 is 2.67 bits per heavy atom. The number of anilines is 2. The molecule has 0 aliphatic heterocycles. The smallest absolute Gasteiger partial charge is 0.268 e. The van der Waals surface area contributed by atoms with Crippen LogP contribution >= 0.6 is 0 Å². The van der Waals surface area contributed by atoms with Crippen LogP contribution in [0.2, 0.25) is 0 Å². The molecule has 0 bridgehead atoms. The fourth-order valence-corrected chi connectivity index (χ4v) is 2.05. The predicted molar refractivity (Wildman–Crippen MR) is 52.4 cm³/mol. The Bertz CT molecular complexity index is 542. The predicted octanol–water partition coefficient (Wildman–Crippen LogP) is -0.484. The van der Waals surface area contributed by atoms with E-state index in [0.717, 1.165) is 6.20 Å². The molecule has 2 heterocycles. The van der Waals surface area contributed by atoms with Crippen LogP contribution in [-0.2, 0) is 10.0 Å². The molecular weight excluding hydrogens is 220 g/mol. The highest BCUT2D eigenvalue weighted by Gasteiger charge is 2.19. The van der Waals surface area contributed by atoms with Crippen LogP contribution in [-0.4, -0.2) is 28.8 Å². The quantitative estimate of drug-likeness (QED) is 0.563. The second-order valence-electron chi connectivity index (χ2n) is 2.72. The highest BCUT2D eigenvalue weighted by atomic mass is 32.2. The number of rotatable bonds is 3. The van der Waals surface area contributed by atoms with E-state index in [-0.39, 0.29) is 16.5 Å². The molecule has 80 valence electrons. The van der Waals surface area contributed by atoms with Gasteiger partial charge >= 0.3 is 0 Å². The zero-order chi connectivity index (χ0) is 10.9. The van der Waals surface area contributed by atoms with Gasteiger partial charge in [0, 0.05) is 6.07 Å². The first-order valence-corrected chi connectivity index (χ1v) is 5.39. The molecule has 8 nitrogen and oxygen atoms in total. The fraction of sp³-hybridized carbons (Fsp3) is 0. The van der Waals surface area contributed by atoms with Crippen molar-refractivity contribution in [2.75, 3.05) is 10.5 Å². The molecule has 2 aromatic heterocycles. The van der Waals surface area contributed by atoms with Crippen molar-refractivity contribution in [3.05, 3.63) is 18.5 Å². The van der Waals surface area contributed by atoms with E-state index in [0.29, 0.717) is 0 Å². The summed E-state index contributed by atoms with van der Waals surface area (Å²) < 4.78 is 25.6. The number of hydrogen-bond acceptors (Lipinski definition) is 5. The summed E-state index contributed by atoms with van der Waals surface area (Å²) >= 11 is 0. The number of nitrogens with zero attached hydrogens (tertiary/aromatic N) is 2. The van der Waals surface area contributed by atoms with Gasteiger partial charge in [-0.1, -0.05) is 0 Å². The summed E-state index contributed by atoms with van der Waals surface area (Å²) in [4.78, 5) is -0.0999. The highest BCUT2D eigenvalue weighted by molar-refractivity contribution is 7.92. The van der Waals surface area contributed by atoms with E-state index in [9.17, 15) is 8.42 Å². The first kappa shape index (κ1) is 9.52. The average Bonchev–Trinajstić information content (AvgIpc) is 2.75. The number of aromatic amines is 2. The van der Waals surface area contributed by atoms with E-state index in [1.807, 2.05) is 0 Å². The van der Waals surface area contributed by atoms with Crippen molar-refractivity contribution in [2.45, 2.75) is 4.90 Å². The molecule has 5 N–H and O–H groups in total. The Morgan fingerprint density at radius 2 is 2.13 bits per heavy atom. The summed E-state index contributed by atoms with van der Waals surface area (Å²) in [5.41, 5.74) is 5.39. The minimum atomic E-state index is -3.71. The Balaban J connectivity index is 2.33. The van der Waals surface area contributed by atoms with Crippen molar-refractivity contribution in [3.8, 4) is 0 Å². The SMILES string of the molecule is Nc1[nH]ncc1S(=O)(=O)Nc1ccn[nH]1. The molecule has 0 saturated heterocycles. The summed E-state index contributed by atoms with van der Waals surface area (Å²) in [6.07, 6.45) is 2.56. The van der Waals surface area contributed by atoms with Crippen LogP contribution in [0.25, 0.3) is 0 Å². The summed E-state index contributed by atoms with van der Waals surface area (Å²) in [6.45, 7) is 0. The topological polar surface area (TPSA) is 130 Å². The maximum Gasteiger partial charge on any atom is 0.268 e. The van der Waals surface area contributed by atoms with Crippen LogP contribution < -0.4 is 10.5 Å². The Morgan fingerprint density at radius 1 is 1.33 bits per heavy atom. The summed E-state index contributed by atoms with van der Waals surface area (Å²) in [6, 6.07) is 1.48. The summed E-state index contributed by atoms with van der Waals surface area (Å²) in [7, 11) is -3.71. The maximum atomic E-state index is 11.7. The maximum absolute atomic E-state index is 11.7. The number of nitrogens with one attached hydrogen (secondary N) is 3. The molecule has 0 spiro atoms.